The van der Waals surface area contributed by atoms with E-state index in [1.165, 1.54) is 10.7 Å². The molecule has 0 spiro atoms. The van der Waals surface area contributed by atoms with Crippen LogP contribution in [0.15, 0.2) is 30.3 Å². The van der Waals surface area contributed by atoms with Crippen molar-refractivity contribution in [1.82, 2.24) is 9.03 Å². The van der Waals surface area contributed by atoms with Crippen LogP contribution in [0.3, 0.4) is 0 Å². The number of nitrogens with one attached hydrogen (secondary N) is 1. The summed E-state index contributed by atoms with van der Waals surface area (Å²) in [7, 11) is -1.86. The second kappa shape index (κ2) is 8.78. The quantitative estimate of drug-likeness (QED) is 0.764. The van der Waals surface area contributed by atoms with Gasteiger partial charge in [-0.2, -0.15) is 17.4 Å². The van der Waals surface area contributed by atoms with Gasteiger partial charge in [0.2, 0.25) is 0 Å². The first-order valence-corrected chi connectivity index (χ1v) is 9.89. The van der Waals surface area contributed by atoms with Gasteiger partial charge in [-0.25, -0.2) is 0 Å². The summed E-state index contributed by atoms with van der Waals surface area (Å²) in [5.41, 5.74) is 0.932. The molecule has 1 atom stereocenters. The van der Waals surface area contributed by atoms with Gasteiger partial charge < -0.3 is 5.11 Å². The maximum atomic E-state index is 12.7. The SMILES string of the molecule is CN(C1CCCCC1)S(=O)(=O)NC(CCCO)c1ccccc1. The fraction of sp³-hybridized carbons (Fsp3) is 0.647. The molecule has 0 aromatic heterocycles. The van der Waals surface area contributed by atoms with Gasteiger partial charge in [0.25, 0.3) is 10.2 Å². The van der Waals surface area contributed by atoms with Crippen LogP contribution < -0.4 is 4.72 Å². The molecule has 5 nitrogen and oxygen atoms in total. The molecule has 0 bridgehead atoms. The standard InChI is InChI=1S/C17H28N2O3S/c1-19(16-11-6-3-7-12-16)23(21,22)18-17(13-8-14-20)15-9-4-2-5-10-15/h2,4-5,9-10,16-18,20H,3,6-8,11-14H2,1H3. The zero-order valence-electron chi connectivity index (χ0n) is 13.8. The molecule has 130 valence electrons. The minimum Gasteiger partial charge on any atom is -0.396 e. The average Bonchev–Trinajstić information content (AvgIpc) is 2.59. The third-order valence-corrected chi connectivity index (χ3v) is 6.25. The predicted octanol–water partition coefficient (Wildman–Crippen LogP) is 2.60. The first-order valence-electron chi connectivity index (χ1n) is 8.45. The molecule has 1 aromatic carbocycles. The molecule has 23 heavy (non-hydrogen) atoms. The topological polar surface area (TPSA) is 69.6 Å². The Balaban J connectivity index is 2.10. The van der Waals surface area contributed by atoms with E-state index in [-0.39, 0.29) is 18.7 Å². The summed E-state index contributed by atoms with van der Waals surface area (Å²) in [6.45, 7) is 0.0591. The maximum Gasteiger partial charge on any atom is 0.280 e. The molecule has 0 saturated heterocycles. The van der Waals surface area contributed by atoms with E-state index in [4.69, 9.17) is 5.11 Å². The molecule has 2 rings (SSSR count). The van der Waals surface area contributed by atoms with Crippen molar-refractivity contribution in [1.29, 1.82) is 0 Å². The van der Waals surface area contributed by atoms with Gasteiger partial charge in [0.1, 0.15) is 0 Å². The Hall–Kier alpha value is -0.950. The smallest absolute Gasteiger partial charge is 0.280 e. The van der Waals surface area contributed by atoms with Gasteiger partial charge in [-0.1, -0.05) is 49.6 Å². The van der Waals surface area contributed by atoms with Crippen LogP contribution in [0.5, 0.6) is 0 Å². The first-order chi connectivity index (χ1) is 11.0. The molecule has 2 N–H and O–H groups in total. The van der Waals surface area contributed by atoms with Crippen LogP contribution in [0.4, 0.5) is 0 Å². The van der Waals surface area contributed by atoms with E-state index >= 15 is 0 Å². The molecule has 1 aliphatic rings. The second-order valence-corrected chi connectivity index (χ2v) is 8.02. The molecule has 1 saturated carbocycles. The molecule has 0 radical (unpaired) electrons. The highest BCUT2D eigenvalue weighted by atomic mass is 32.2. The van der Waals surface area contributed by atoms with Crippen LogP contribution in [-0.4, -0.2) is 37.5 Å². The molecule has 0 heterocycles. The van der Waals surface area contributed by atoms with Crippen molar-refractivity contribution in [3.05, 3.63) is 35.9 Å². The molecule has 1 fully saturated rings. The molecule has 0 aliphatic heterocycles. The van der Waals surface area contributed by atoms with Gasteiger partial charge in [-0.05, 0) is 31.2 Å². The Labute approximate surface area is 139 Å². The minimum absolute atomic E-state index is 0.0591. The normalized spacial score (nSPS) is 18.2. The fourth-order valence-electron chi connectivity index (χ4n) is 3.18. The van der Waals surface area contributed by atoms with E-state index < -0.39 is 10.2 Å². The van der Waals surface area contributed by atoms with Crippen molar-refractivity contribution in [2.45, 2.75) is 57.0 Å². The van der Waals surface area contributed by atoms with Gasteiger partial charge >= 0.3 is 0 Å². The number of nitrogens with zero attached hydrogens (tertiary/aromatic N) is 1. The second-order valence-electron chi connectivity index (χ2n) is 6.26. The van der Waals surface area contributed by atoms with Crippen molar-refractivity contribution < 1.29 is 13.5 Å². The Bertz CT molecular complexity index is 556. The largest absolute Gasteiger partial charge is 0.396 e. The van der Waals surface area contributed by atoms with E-state index in [9.17, 15) is 8.42 Å². The molecule has 6 heteroatoms. The Kier molecular flexibility index (Phi) is 7.02. The number of hydrogen-bond acceptors (Lipinski definition) is 3. The van der Waals surface area contributed by atoms with Gasteiger partial charge in [0.15, 0.2) is 0 Å². The van der Waals surface area contributed by atoms with Crippen LogP contribution in [0, 0.1) is 0 Å². The van der Waals surface area contributed by atoms with Crippen LogP contribution in [0.2, 0.25) is 0 Å². The summed E-state index contributed by atoms with van der Waals surface area (Å²) in [5.74, 6) is 0. The van der Waals surface area contributed by atoms with Crippen molar-refractivity contribution >= 4 is 10.2 Å². The fourth-order valence-corrected chi connectivity index (χ4v) is 4.56. The average molecular weight is 340 g/mol. The predicted molar refractivity (Wildman–Crippen MR) is 92.2 cm³/mol. The van der Waals surface area contributed by atoms with Crippen LogP contribution in [0.25, 0.3) is 0 Å². The third-order valence-electron chi connectivity index (χ3n) is 4.61. The van der Waals surface area contributed by atoms with Gasteiger partial charge in [-0.3, -0.25) is 0 Å². The van der Waals surface area contributed by atoms with Crippen molar-refractivity contribution in [2.24, 2.45) is 0 Å². The molecule has 1 aliphatic carbocycles. The van der Waals surface area contributed by atoms with Crippen molar-refractivity contribution in [3.8, 4) is 0 Å². The lowest BCUT2D eigenvalue weighted by Crippen LogP contribution is -2.46. The van der Waals surface area contributed by atoms with Gasteiger partial charge in [0, 0.05) is 25.7 Å². The maximum absolute atomic E-state index is 12.7. The summed E-state index contributed by atoms with van der Waals surface area (Å²) < 4.78 is 29.8. The highest BCUT2D eigenvalue weighted by Gasteiger charge is 2.29. The molecule has 1 aromatic rings. The molecular formula is C17H28N2O3S. The van der Waals surface area contributed by atoms with Crippen molar-refractivity contribution in [3.63, 3.8) is 0 Å². The number of benzene rings is 1. The Morgan fingerprint density at radius 3 is 2.48 bits per heavy atom. The monoisotopic (exact) mass is 340 g/mol. The van der Waals surface area contributed by atoms with E-state index in [1.54, 1.807) is 7.05 Å². The lowest BCUT2D eigenvalue weighted by Gasteiger charge is -2.32. The summed E-state index contributed by atoms with van der Waals surface area (Å²) >= 11 is 0. The van der Waals surface area contributed by atoms with E-state index in [0.29, 0.717) is 12.8 Å². The van der Waals surface area contributed by atoms with E-state index in [0.717, 1.165) is 31.2 Å². The molecule has 1 unspecified atom stereocenters. The van der Waals surface area contributed by atoms with E-state index in [2.05, 4.69) is 4.72 Å². The summed E-state index contributed by atoms with van der Waals surface area (Å²) in [6, 6.07) is 9.35. The Morgan fingerprint density at radius 2 is 1.87 bits per heavy atom. The summed E-state index contributed by atoms with van der Waals surface area (Å²) in [5, 5.41) is 9.09. The molecule has 0 amide bonds. The first kappa shape index (κ1) is 18.4. The van der Waals surface area contributed by atoms with Crippen LogP contribution in [0.1, 0.15) is 56.6 Å². The summed E-state index contributed by atoms with van der Waals surface area (Å²) in [6.07, 6.45) is 6.40. The summed E-state index contributed by atoms with van der Waals surface area (Å²) in [4.78, 5) is 0. The third kappa shape index (κ3) is 5.28. The minimum atomic E-state index is -3.54. The number of aliphatic hydroxyl groups excluding tert-OH is 1. The highest BCUT2D eigenvalue weighted by molar-refractivity contribution is 7.87. The highest BCUT2D eigenvalue weighted by Crippen LogP contribution is 2.25. The Morgan fingerprint density at radius 1 is 1.22 bits per heavy atom. The lowest BCUT2D eigenvalue weighted by molar-refractivity contribution is 0.271. The molecular weight excluding hydrogens is 312 g/mol. The lowest BCUT2D eigenvalue weighted by atomic mass is 9.96. The van der Waals surface area contributed by atoms with Crippen molar-refractivity contribution in [2.75, 3.05) is 13.7 Å². The van der Waals surface area contributed by atoms with Crippen LogP contribution >= 0.6 is 0 Å². The number of aliphatic hydroxyl groups is 1. The zero-order valence-corrected chi connectivity index (χ0v) is 14.6. The number of hydrogen-bond donors (Lipinski definition) is 2. The zero-order chi connectivity index (χ0) is 16.7. The van der Waals surface area contributed by atoms with Crippen LogP contribution in [-0.2, 0) is 10.2 Å². The van der Waals surface area contributed by atoms with Gasteiger partial charge in [-0.15, -0.1) is 0 Å². The number of rotatable bonds is 8. The van der Waals surface area contributed by atoms with Gasteiger partial charge in [0.05, 0.1) is 0 Å². The van der Waals surface area contributed by atoms with E-state index in [1.807, 2.05) is 30.3 Å².